The van der Waals surface area contributed by atoms with Crippen LogP contribution in [0.2, 0.25) is 0 Å². The van der Waals surface area contributed by atoms with Gasteiger partial charge in [0.1, 0.15) is 6.29 Å². The van der Waals surface area contributed by atoms with Crippen LogP contribution in [0, 0.1) is 0 Å². The van der Waals surface area contributed by atoms with Crippen molar-refractivity contribution in [3.05, 3.63) is 77.4 Å². The van der Waals surface area contributed by atoms with Gasteiger partial charge in [0.25, 0.3) is 0 Å². The molecule has 0 aliphatic heterocycles. The molecule has 2 nitrogen and oxygen atoms in total. The van der Waals surface area contributed by atoms with Crippen LogP contribution in [0.3, 0.4) is 0 Å². The molecule has 0 bridgehead atoms. The van der Waals surface area contributed by atoms with E-state index in [4.69, 9.17) is 0 Å². The maximum atomic E-state index is 10.2. The van der Waals surface area contributed by atoms with E-state index in [-0.39, 0.29) is 0 Å². The molecular weight excluding hydrogens is 392 g/mol. The van der Waals surface area contributed by atoms with E-state index in [0.717, 1.165) is 49.5 Å². The zero-order chi connectivity index (χ0) is 24.1. The minimum Gasteiger partial charge on any atom is -0.386 e. The number of aldehydes is 1. The van der Waals surface area contributed by atoms with Gasteiger partial charge in [0.05, 0.1) is 5.60 Å². The molecule has 1 rings (SSSR count). The summed E-state index contributed by atoms with van der Waals surface area (Å²) in [6.07, 6.45) is 25.7. The molecule has 0 radical (unpaired) electrons. The van der Waals surface area contributed by atoms with Crippen molar-refractivity contribution in [3.63, 3.8) is 0 Å². The van der Waals surface area contributed by atoms with Crippen LogP contribution >= 0.6 is 0 Å². The highest BCUT2D eigenvalue weighted by Crippen LogP contribution is 2.15. The zero-order valence-corrected chi connectivity index (χ0v) is 21.1. The van der Waals surface area contributed by atoms with Crippen LogP contribution in [-0.2, 0) is 11.2 Å². The van der Waals surface area contributed by atoms with Gasteiger partial charge in [-0.1, -0.05) is 86.9 Å². The van der Waals surface area contributed by atoms with Gasteiger partial charge in [0, 0.05) is 0 Å². The van der Waals surface area contributed by atoms with E-state index in [1.807, 2.05) is 33.8 Å². The van der Waals surface area contributed by atoms with Gasteiger partial charge in [-0.05, 0) is 89.0 Å². The highest BCUT2D eigenvalue weighted by Gasteiger charge is 2.13. The van der Waals surface area contributed by atoms with Gasteiger partial charge < -0.3 is 5.11 Å². The number of carbonyl (C=O) groups excluding carboxylic acids is 1. The first kappa shape index (κ1) is 29.8. The van der Waals surface area contributed by atoms with E-state index in [2.05, 4.69) is 61.6 Å². The summed E-state index contributed by atoms with van der Waals surface area (Å²) in [5, 5.41) is 9.69. The SMILES string of the molecule is CC=CCCC=CCCC=C(C)C(C)(C)O.CCCCCCc1ccc(C=CC=O)cc1. The van der Waals surface area contributed by atoms with Gasteiger partial charge in [-0.2, -0.15) is 0 Å². The van der Waals surface area contributed by atoms with Crippen LogP contribution in [0.15, 0.2) is 66.3 Å². The van der Waals surface area contributed by atoms with E-state index >= 15 is 0 Å². The largest absolute Gasteiger partial charge is 0.386 e. The average molecular weight is 439 g/mol. The smallest absolute Gasteiger partial charge is 0.142 e. The third kappa shape index (κ3) is 17.5. The second kappa shape index (κ2) is 19.5. The Balaban J connectivity index is 0.000000601. The highest BCUT2D eigenvalue weighted by molar-refractivity contribution is 5.73. The molecule has 0 fully saturated rings. The Morgan fingerprint density at radius 1 is 0.938 bits per heavy atom. The summed E-state index contributed by atoms with van der Waals surface area (Å²) in [5.41, 5.74) is 2.86. The van der Waals surface area contributed by atoms with E-state index < -0.39 is 5.60 Å². The highest BCUT2D eigenvalue weighted by atomic mass is 16.3. The third-order valence-electron chi connectivity index (χ3n) is 5.32. The molecule has 0 heterocycles. The maximum absolute atomic E-state index is 10.2. The first-order valence-electron chi connectivity index (χ1n) is 12.2. The number of rotatable bonds is 14. The molecule has 1 aromatic rings. The number of hydrogen-bond acceptors (Lipinski definition) is 2. The van der Waals surface area contributed by atoms with Gasteiger partial charge >= 0.3 is 0 Å². The van der Waals surface area contributed by atoms with Crippen LogP contribution in [0.25, 0.3) is 6.08 Å². The van der Waals surface area contributed by atoms with Crippen molar-refractivity contribution in [1.29, 1.82) is 0 Å². The molecule has 0 aromatic heterocycles. The molecular formula is C30H46O2. The van der Waals surface area contributed by atoms with Gasteiger partial charge in [0.2, 0.25) is 0 Å². The van der Waals surface area contributed by atoms with E-state index in [1.165, 1.54) is 37.3 Å². The van der Waals surface area contributed by atoms with Crippen LogP contribution in [0.1, 0.15) is 97.1 Å². The number of allylic oxidation sites excluding steroid dienone is 6. The van der Waals surface area contributed by atoms with Gasteiger partial charge in [-0.3, -0.25) is 4.79 Å². The molecule has 1 aromatic carbocycles. The number of aryl methyl sites for hydroxylation is 1. The lowest BCUT2D eigenvalue weighted by molar-refractivity contribution is -0.104. The minimum absolute atomic E-state index is 0.671. The Morgan fingerprint density at radius 2 is 1.56 bits per heavy atom. The maximum Gasteiger partial charge on any atom is 0.142 e. The molecule has 0 aliphatic rings. The predicted octanol–water partition coefficient (Wildman–Crippen LogP) is 8.42. The van der Waals surface area contributed by atoms with Gasteiger partial charge in [0.15, 0.2) is 0 Å². The second-order valence-electron chi connectivity index (χ2n) is 8.69. The van der Waals surface area contributed by atoms with Crippen molar-refractivity contribution >= 4 is 12.4 Å². The molecule has 0 spiro atoms. The van der Waals surface area contributed by atoms with E-state index in [1.54, 1.807) is 0 Å². The van der Waals surface area contributed by atoms with Crippen molar-refractivity contribution < 1.29 is 9.90 Å². The lowest BCUT2D eigenvalue weighted by Crippen LogP contribution is -2.19. The third-order valence-corrected chi connectivity index (χ3v) is 5.32. The second-order valence-corrected chi connectivity index (χ2v) is 8.69. The van der Waals surface area contributed by atoms with Crippen LogP contribution < -0.4 is 0 Å². The lowest BCUT2D eigenvalue weighted by Gasteiger charge is -2.17. The fourth-order valence-corrected chi connectivity index (χ4v) is 2.94. The summed E-state index contributed by atoms with van der Waals surface area (Å²) in [6, 6.07) is 8.43. The quantitative estimate of drug-likeness (QED) is 0.137. The summed E-state index contributed by atoms with van der Waals surface area (Å²) in [5.74, 6) is 0. The molecule has 2 heteroatoms. The first-order chi connectivity index (χ1) is 15.3. The van der Waals surface area contributed by atoms with Crippen molar-refractivity contribution in [1.82, 2.24) is 0 Å². The van der Waals surface area contributed by atoms with Gasteiger partial charge in [-0.25, -0.2) is 0 Å². The zero-order valence-electron chi connectivity index (χ0n) is 21.1. The molecule has 32 heavy (non-hydrogen) atoms. The molecule has 0 saturated carbocycles. The Hall–Kier alpha value is -2.19. The fraction of sp³-hybridized carbons (Fsp3) is 0.500. The molecule has 0 atom stereocenters. The molecule has 0 unspecified atom stereocenters. The fourth-order valence-electron chi connectivity index (χ4n) is 2.94. The van der Waals surface area contributed by atoms with Crippen LogP contribution in [0.5, 0.6) is 0 Å². The summed E-state index contributed by atoms with van der Waals surface area (Å²) < 4.78 is 0. The first-order valence-corrected chi connectivity index (χ1v) is 12.2. The molecule has 178 valence electrons. The van der Waals surface area contributed by atoms with Crippen molar-refractivity contribution in [2.75, 3.05) is 0 Å². The average Bonchev–Trinajstić information content (AvgIpc) is 2.77. The van der Waals surface area contributed by atoms with Crippen molar-refractivity contribution in [2.24, 2.45) is 0 Å². The van der Waals surface area contributed by atoms with Gasteiger partial charge in [-0.15, -0.1) is 0 Å². The monoisotopic (exact) mass is 438 g/mol. The number of unbranched alkanes of at least 4 members (excludes halogenated alkanes) is 5. The predicted molar refractivity (Wildman–Crippen MR) is 142 cm³/mol. The van der Waals surface area contributed by atoms with E-state index in [9.17, 15) is 9.90 Å². The Bertz CT molecular complexity index is 697. The normalized spacial score (nSPS) is 12.5. The number of aliphatic hydroxyl groups is 1. The van der Waals surface area contributed by atoms with Crippen LogP contribution in [0.4, 0.5) is 0 Å². The summed E-state index contributed by atoms with van der Waals surface area (Å²) in [7, 11) is 0. The molecule has 0 aliphatic carbocycles. The van der Waals surface area contributed by atoms with Crippen LogP contribution in [-0.4, -0.2) is 17.0 Å². The summed E-state index contributed by atoms with van der Waals surface area (Å²) in [4.78, 5) is 10.2. The lowest BCUT2D eigenvalue weighted by atomic mass is 9.98. The minimum atomic E-state index is -0.671. The summed E-state index contributed by atoms with van der Waals surface area (Å²) in [6.45, 7) is 9.91. The Labute approximate surface area is 197 Å². The molecule has 0 amide bonds. The topological polar surface area (TPSA) is 37.3 Å². The van der Waals surface area contributed by atoms with Crippen molar-refractivity contribution in [2.45, 2.75) is 98.0 Å². The van der Waals surface area contributed by atoms with Crippen molar-refractivity contribution in [3.8, 4) is 0 Å². The Morgan fingerprint density at radius 3 is 2.12 bits per heavy atom. The number of benzene rings is 1. The number of carbonyl (C=O) groups is 1. The molecule has 0 saturated heterocycles. The summed E-state index contributed by atoms with van der Waals surface area (Å²) >= 11 is 0. The number of hydrogen-bond donors (Lipinski definition) is 1. The Kier molecular flexibility index (Phi) is 18.2. The standard InChI is InChI=1S/C15H20O.C15H26O/c1-2-3-4-5-7-14-9-11-15(12-10-14)8-6-13-16;1-5-6-7-8-9-10-11-12-13-14(2)15(3,4)16/h6,8-13H,2-5,7H2,1H3;5-6,9-10,13,16H,7-8,11-12H2,1-4H3. The molecule has 1 N–H and O–H groups in total. The van der Waals surface area contributed by atoms with E-state index in [0.29, 0.717) is 0 Å².